The molecule has 1 spiro atoms. The molecule has 4 aromatic rings. The number of benzene rings is 4. The van der Waals surface area contributed by atoms with Gasteiger partial charge in [-0.25, -0.2) is 0 Å². The smallest absolute Gasteiger partial charge is 0.238 e. The number of hydrogen-bond acceptors (Lipinski definition) is 5. The van der Waals surface area contributed by atoms with Crippen molar-refractivity contribution in [3.05, 3.63) is 149 Å². The molecule has 0 aliphatic carbocycles. The number of amides is 1. The summed E-state index contributed by atoms with van der Waals surface area (Å²) in [4.78, 5) is 46.0. The van der Waals surface area contributed by atoms with Crippen molar-refractivity contribution in [1.82, 2.24) is 4.90 Å². The van der Waals surface area contributed by atoms with Crippen LogP contribution in [0.3, 0.4) is 0 Å². The number of rotatable bonds is 7. The second-order valence-corrected chi connectivity index (χ2v) is 11.3. The lowest BCUT2D eigenvalue weighted by Gasteiger charge is -2.38. The zero-order valence-electron chi connectivity index (χ0n) is 23.1. The van der Waals surface area contributed by atoms with Gasteiger partial charge < -0.3 is 15.0 Å². The summed E-state index contributed by atoms with van der Waals surface area (Å²) in [6, 6.07) is 27.3. The summed E-state index contributed by atoms with van der Waals surface area (Å²) in [5, 5.41) is 3.35. The number of fused-ring (bicyclic) bond motifs is 6. The van der Waals surface area contributed by atoms with Crippen LogP contribution in [0.15, 0.2) is 116 Å². The number of nitrogens with one attached hydrogen (secondary N) is 1. The molecule has 1 saturated heterocycles. The van der Waals surface area contributed by atoms with Gasteiger partial charge in [0.2, 0.25) is 5.91 Å². The van der Waals surface area contributed by atoms with Crippen LogP contribution in [-0.2, 0) is 10.2 Å². The summed E-state index contributed by atoms with van der Waals surface area (Å²) < 4.78 is 5.64. The van der Waals surface area contributed by atoms with E-state index in [4.69, 9.17) is 16.3 Å². The van der Waals surface area contributed by atoms with Gasteiger partial charge in [-0.05, 0) is 65.2 Å². The Hall–Kier alpha value is -4.94. The Labute approximate surface area is 254 Å². The molecule has 4 aromatic carbocycles. The van der Waals surface area contributed by atoms with Crippen molar-refractivity contribution in [3.63, 3.8) is 0 Å². The van der Waals surface area contributed by atoms with Crippen molar-refractivity contribution in [2.75, 3.05) is 11.9 Å². The Balaban J connectivity index is 1.49. The highest BCUT2D eigenvalue weighted by molar-refractivity contribution is 6.34. The summed E-state index contributed by atoms with van der Waals surface area (Å²) >= 11 is 6.58. The lowest BCUT2D eigenvalue weighted by atomic mass is 9.62. The maximum atomic E-state index is 14.9. The van der Waals surface area contributed by atoms with E-state index in [-0.39, 0.29) is 22.5 Å². The van der Waals surface area contributed by atoms with E-state index in [2.05, 4.69) is 11.9 Å². The number of Topliss-reactive ketones (excluding diaryl/α,β-unsaturated/α-hetero) is 2. The first kappa shape index (κ1) is 26.9. The monoisotopic (exact) mass is 586 g/mol. The van der Waals surface area contributed by atoms with Crippen molar-refractivity contribution in [3.8, 4) is 5.75 Å². The van der Waals surface area contributed by atoms with E-state index in [0.29, 0.717) is 34.7 Å². The summed E-state index contributed by atoms with van der Waals surface area (Å²) in [5.41, 5.74) is 2.40. The molecule has 7 heteroatoms. The topological polar surface area (TPSA) is 75.7 Å². The predicted molar refractivity (Wildman–Crippen MR) is 166 cm³/mol. The zero-order chi connectivity index (χ0) is 29.7. The molecule has 212 valence electrons. The van der Waals surface area contributed by atoms with Gasteiger partial charge >= 0.3 is 0 Å². The summed E-state index contributed by atoms with van der Waals surface area (Å²) in [6.07, 6.45) is 5.43. The van der Waals surface area contributed by atoms with E-state index in [1.807, 2.05) is 65.7 Å². The number of ketones is 2. The van der Waals surface area contributed by atoms with Gasteiger partial charge in [0, 0.05) is 23.0 Å². The van der Waals surface area contributed by atoms with Gasteiger partial charge in [-0.15, -0.1) is 0 Å². The van der Waals surface area contributed by atoms with Crippen LogP contribution in [0.25, 0.3) is 6.08 Å². The number of carbonyl (C=O) groups excluding carboxylic acids is 3. The van der Waals surface area contributed by atoms with E-state index < -0.39 is 23.4 Å². The largest absolute Gasteiger partial charge is 0.490 e. The van der Waals surface area contributed by atoms with Crippen LogP contribution >= 0.6 is 11.6 Å². The highest BCUT2D eigenvalue weighted by Gasteiger charge is 2.70. The third-order valence-corrected chi connectivity index (χ3v) is 9.10. The molecule has 1 N–H and O–H groups in total. The van der Waals surface area contributed by atoms with Gasteiger partial charge in [0.1, 0.15) is 23.8 Å². The number of ether oxygens (including phenoxy) is 1. The van der Waals surface area contributed by atoms with Gasteiger partial charge in [0.15, 0.2) is 11.6 Å². The molecule has 0 unspecified atom stereocenters. The predicted octanol–water partition coefficient (Wildman–Crippen LogP) is 6.89. The normalized spacial score (nSPS) is 22.9. The average molecular weight is 587 g/mol. The Bertz CT molecular complexity index is 1830. The van der Waals surface area contributed by atoms with Crippen molar-refractivity contribution in [1.29, 1.82) is 0 Å². The number of hydrogen-bond donors (Lipinski definition) is 1. The second-order valence-electron chi connectivity index (χ2n) is 10.9. The SMILES string of the molecule is C=CCOc1ccc(C(=O)[C@@H]2[C@@H](C(=O)c3ccccc3Cl)N3C=Cc4ccccc4[C@@H]3[C@]23C(=O)Nc2ccccc23)cc1. The first-order valence-corrected chi connectivity index (χ1v) is 14.5. The molecule has 0 radical (unpaired) electrons. The Morgan fingerprint density at radius 3 is 2.44 bits per heavy atom. The first-order chi connectivity index (χ1) is 21.0. The van der Waals surface area contributed by atoms with Crippen LogP contribution in [-0.4, -0.2) is 35.0 Å². The maximum absolute atomic E-state index is 14.9. The summed E-state index contributed by atoms with van der Waals surface area (Å²) in [5.74, 6) is -1.45. The van der Waals surface area contributed by atoms with Crippen LogP contribution in [0.5, 0.6) is 5.75 Å². The zero-order valence-corrected chi connectivity index (χ0v) is 23.8. The minimum Gasteiger partial charge on any atom is -0.490 e. The molecular formula is C36H27ClN2O4. The highest BCUT2D eigenvalue weighted by atomic mass is 35.5. The van der Waals surface area contributed by atoms with Crippen molar-refractivity contribution in [2.24, 2.45) is 5.92 Å². The number of halogens is 1. The quantitative estimate of drug-likeness (QED) is 0.189. The van der Waals surface area contributed by atoms with Crippen molar-refractivity contribution >= 4 is 40.8 Å². The Morgan fingerprint density at radius 1 is 0.930 bits per heavy atom. The van der Waals surface area contributed by atoms with Gasteiger partial charge in [-0.1, -0.05) is 78.9 Å². The number of carbonyl (C=O) groups is 3. The average Bonchev–Trinajstić information content (AvgIpc) is 3.52. The van der Waals surface area contributed by atoms with Crippen LogP contribution in [0.1, 0.15) is 43.4 Å². The molecule has 1 amide bonds. The second kappa shape index (κ2) is 10.4. The fourth-order valence-electron chi connectivity index (χ4n) is 7.04. The molecule has 0 saturated carbocycles. The van der Waals surface area contributed by atoms with Gasteiger partial charge in [-0.3, -0.25) is 14.4 Å². The first-order valence-electron chi connectivity index (χ1n) is 14.1. The summed E-state index contributed by atoms with van der Waals surface area (Å²) in [7, 11) is 0. The lowest BCUT2D eigenvalue weighted by Crippen LogP contribution is -2.49. The molecule has 3 heterocycles. The minimum absolute atomic E-state index is 0.289. The van der Waals surface area contributed by atoms with Crippen molar-refractivity contribution < 1.29 is 19.1 Å². The fraction of sp³-hybridized carbons (Fsp3) is 0.139. The molecule has 7 rings (SSSR count). The van der Waals surface area contributed by atoms with E-state index in [0.717, 1.165) is 11.1 Å². The molecule has 3 aliphatic rings. The highest BCUT2D eigenvalue weighted by Crippen LogP contribution is 2.62. The van der Waals surface area contributed by atoms with Crippen LogP contribution < -0.4 is 10.1 Å². The fourth-order valence-corrected chi connectivity index (χ4v) is 7.27. The molecule has 0 bridgehead atoms. The van der Waals surface area contributed by atoms with Gasteiger partial charge in [0.05, 0.1) is 17.0 Å². The van der Waals surface area contributed by atoms with Crippen molar-refractivity contribution in [2.45, 2.75) is 17.5 Å². The molecular weight excluding hydrogens is 560 g/mol. The van der Waals surface area contributed by atoms with Crippen LogP contribution in [0, 0.1) is 5.92 Å². The minimum atomic E-state index is -1.41. The van der Waals surface area contributed by atoms with Crippen LogP contribution in [0.2, 0.25) is 5.02 Å². The molecule has 1 fully saturated rings. The third-order valence-electron chi connectivity index (χ3n) is 8.77. The Kier molecular flexibility index (Phi) is 6.51. The van der Waals surface area contributed by atoms with E-state index in [1.54, 1.807) is 54.6 Å². The lowest BCUT2D eigenvalue weighted by molar-refractivity contribution is -0.122. The third kappa shape index (κ3) is 3.97. The molecule has 4 atom stereocenters. The van der Waals surface area contributed by atoms with Crippen LogP contribution in [0.4, 0.5) is 5.69 Å². The van der Waals surface area contributed by atoms with Gasteiger partial charge in [0.25, 0.3) is 0 Å². The molecule has 3 aliphatic heterocycles. The number of para-hydroxylation sites is 1. The van der Waals surface area contributed by atoms with E-state index in [1.165, 1.54) is 0 Å². The van der Waals surface area contributed by atoms with Gasteiger partial charge in [-0.2, -0.15) is 0 Å². The van der Waals surface area contributed by atoms with E-state index >= 15 is 0 Å². The Morgan fingerprint density at radius 2 is 1.65 bits per heavy atom. The number of nitrogens with zero attached hydrogens (tertiary/aromatic N) is 1. The standard InChI is InChI=1S/C36H27ClN2O4/c1-2-21-43-24-17-15-23(16-18-24)32(40)30-31(33(41)26-11-5-7-13-28(26)37)39-20-19-22-9-3-4-10-25(22)34(39)36(30)27-12-6-8-14-29(27)38-35(36)42/h2-20,30-31,34H,1,21H2,(H,38,42)/t30-,31-,34+,36+/m0/s1. The molecule has 43 heavy (non-hydrogen) atoms. The maximum Gasteiger partial charge on any atom is 0.238 e. The molecule has 0 aromatic heterocycles. The summed E-state index contributed by atoms with van der Waals surface area (Å²) in [6.45, 7) is 4.01. The molecule has 6 nitrogen and oxygen atoms in total. The van der Waals surface area contributed by atoms with E-state index in [9.17, 15) is 14.4 Å². The number of anilines is 1.